The number of rotatable bonds is 10. The Balaban J connectivity index is 1.83. The summed E-state index contributed by atoms with van der Waals surface area (Å²) in [6.07, 6.45) is 3.93. The van der Waals surface area contributed by atoms with Gasteiger partial charge in [-0.2, -0.15) is 0 Å². The Hall–Kier alpha value is -2.94. The molecule has 1 N–H and O–H groups in total. The van der Waals surface area contributed by atoms with Gasteiger partial charge in [0.1, 0.15) is 12.2 Å². The molecule has 0 fully saturated rings. The predicted octanol–water partition coefficient (Wildman–Crippen LogP) is 2.26. The third-order valence-corrected chi connectivity index (χ3v) is 4.46. The molecule has 0 aliphatic carbocycles. The molecule has 160 valence electrons. The molecule has 1 aliphatic heterocycles. The number of hydrogen-bond donors (Lipinski definition) is 1. The fourth-order valence-corrected chi connectivity index (χ4v) is 3.08. The van der Waals surface area contributed by atoms with Crippen LogP contribution in [0.4, 0.5) is 0 Å². The van der Waals surface area contributed by atoms with Crippen LogP contribution in [0.15, 0.2) is 64.2 Å². The summed E-state index contributed by atoms with van der Waals surface area (Å²) in [4.78, 5) is 25.3. The summed E-state index contributed by atoms with van der Waals surface area (Å²) in [5, 5.41) is 9.21. The smallest absolute Gasteiger partial charge is 0.373 e. The number of esters is 1. The molecule has 0 amide bonds. The molecular weight excluding hydrogens is 392 g/mol. The second-order valence-electron chi connectivity index (χ2n) is 6.53. The summed E-state index contributed by atoms with van der Waals surface area (Å²) in [6, 6.07) is 6.96. The van der Waals surface area contributed by atoms with E-state index >= 15 is 0 Å². The van der Waals surface area contributed by atoms with E-state index < -0.39 is 18.2 Å². The lowest BCUT2D eigenvalue weighted by atomic mass is 9.93. The van der Waals surface area contributed by atoms with Crippen LogP contribution in [-0.4, -0.2) is 50.4 Å². The summed E-state index contributed by atoms with van der Waals surface area (Å²) in [5.74, 6) is -1.17. The lowest BCUT2D eigenvalue weighted by molar-refractivity contribution is -0.163. The number of ether oxygens (including phenoxy) is 4. The van der Waals surface area contributed by atoms with E-state index in [9.17, 15) is 9.59 Å². The molecule has 0 saturated carbocycles. The zero-order chi connectivity index (χ0) is 21.3. The zero-order valence-corrected chi connectivity index (χ0v) is 16.5. The monoisotopic (exact) mass is 416 g/mol. The van der Waals surface area contributed by atoms with Crippen molar-refractivity contribution in [1.82, 2.24) is 0 Å². The maximum atomic E-state index is 13.0. The van der Waals surface area contributed by atoms with Gasteiger partial charge in [-0.1, -0.05) is 24.8 Å². The van der Waals surface area contributed by atoms with Crippen LogP contribution in [-0.2, 0) is 23.7 Å². The minimum atomic E-state index is -0.783. The summed E-state index contributed by atoms with van der Waals surface area (Å²) in [7, 11) is 0. The zero-order valence-electron chi connectivity index (χ0n) is 16.5. The van der Waals surface area contributed by atoms with Crippen LogP contribution in [0.5, 0.6) is 0 Å². The number of aliphatic hydroxyl groups is 1. The van der Waals surface area contributed by atoms with E-state index in [0.717, 1.165) is 0 Å². The molecular formula is C22H24O8. The van der Waals surface area contributed by atoms with Crippen LogP contribution < -0.4 is 5.43 Å². The van der Waals surface area contributed by atoms with Gasteiger partial charge in [0.05, 0.1) is 38.1 Å². The van der Waals surface area contributed by atoms with E-state index in [0.29, 0.717) is 23.0 Å². The average Bonchev–Trinajstić information content (AvgIpc) is 2.77. The molecule has 2 heterocycles. The third-order valence-electron chi connectivity index (χ3n) is 4.46. The first-order valence-electron chi connectivity index (χ1n) is 9.61. The normalized spacial score (nSPS) is 18.5. The van der Waals surface area contributed by atoms with E-state index in [2.05, 4.69) is 6.58 Å². The first-order chi connectivity index (χ1) is 14.6. The SMILES string of the molecule is C=CCOC(=O)C1=C[C@@H](c2coc3ccccc3c2=O)C[C@@H](OCCOCCO)O1. The number of para-hydroxylation sites is 1. The molecule has 1 aliphatic rings. The van der Waals surface area contributed by atoms with Gasteiger partial charge in [-0.15, -0.1) is 0 Å². The van der Waals surface area contributed by atoms with Crippen molar-refractivity contribution < 1.29 is 33.3 Å². The molecule has 1 aromatic carbocycles. The molecule has 0 bridgehead atoms. The van der Waals surface area contributed by atoms with Crippen molar-refractivity contribution in [3.63, 3.8) is 0 Å². The highest BCUT2D eigenvalue weighted by Gasteiger charge is 2.31. The number of aliphatic hydroxyl groups excluding tert-OH is 1. The van der Waals surface area contributed by atoms with E-state index in [-0.39, 0.29) is 44.2 Å². The molecule has 1 aromatic heterocycles. The molecule has 2 atom stereocenters. The van der Waals surface area contributed by atoms with Crippen LogP contribution in [0.2, 0.25) is 0 Å². The van der Waals surface area contributed by atoms with Crippen molar-refractivity contribution in [1.29, 1.82) is 0 Å². The molecule has 30 heavy (non-hydrogen) atoms. The van der Waals surface area contributed by atoms with Gasteiger partial charge >= 0.3 is 5.97 Å². The Kier molecular flexibility index (Phi) is 7.78. The molecule has 0 unspecified atom stereocenters. The average molecular weight is 416 g/mol. The maximum Gasteiger partial charge on any atom is 0.373 e. The fraction of sp³-hybridized carbons (Fsp3) is 0.364. The van der Waals surface area contributed by atoms with Gasteiger partial charge in [-0.25, -0.2) is 4.79 Å². The molecule has 0 spiro atoms. The fourth-order valence-electron chi connectivity index (χ4n) is 3.08. The molecule has 3 rings (SSSR count). The summed E-state index contributed by atoms with van der Waals surface area (Å²) in [5.41, 5.74) is 0.710. The van der Waals surface area contributed by atoms with Gasteiger partial charge in [0.2, 0.25) is 12.0 Å². The van der Waals surface area contributed by atoms with Crippen LogP contribution in [0.25, 0.3) is 11.0 Å². The Morgan fingerprint density at radius 3 is 2.90 bits per heavy atom. The molecule has 0 saturated heterocycles. The first-order valence-corrected chi connectivity index (χ1v) is 9.61. The predicted molar refractivity (Wildman–Crippen MR) is 108 cm³/mol. The number of hydrogen-bond acceptors (Lipinski definition) is 8. The Morgan fingerprint density at radius 2 is 2.10 bits per heavy atom. The number of carbonyl (C=O) groups excluding carboxylic acids is 1. The molecule has 2 aromatic rings. The van der Waals surface area contributed by atoms with Crippen molar-refractivity contribution in [3.05, 3.63) is 70.8 Å². The summed E-state index contributed by atoms with van der Waals surface area (Å²) in [6.45, 7) is 4.11. The van der Waals surface area contributed by atoms with Gasteiger partial charge in [0.25, 0.3) is 0 Å². The molecule has 0 radical (unpaired) electrons. The van der Waals surface area contributed by atoms with Gasteiger partial charge in [-0.05, 0) is 18.2 Å². The number of allylic oxidation sites excluding steroid dienone is 1. The van der Waals surface area contributed by atoms with Crippen LogP contribution in [0, 0.1) is 0 Å². The quantitative estimate of drug-likeness (QED) is 0.357. The van der Waals surface area contributed by atoms with E-state index in [4.69, 9.17) is 28.5 Å². The second kappa shape index (κ2) is 10.7. The Morgan fingerprint density at radius 1 is 1.27 bits per heavy atom. The van der Waals surface area contributed by atoms with Crippen LogP contribution in [0.3, 0.4) is 0 Å². The Labute approximate surface area is 173 Å². The van der Waals surface area contributed by atoms with E-state index in [1.165, 1.54) is 12.3 Å². The highest BCUT2D eigenvalue weighted by atomic mass is 16.7. The number of carbonyl (C=O) groups is 1. The van der Waals surface area contributed by atoms with Crippen molar-refractivity contribution in [2.24, 2.45) is 0 Å². The second-order valence-corrected chi connectivity index (χ2v) is 6.53. The minimum absolute atomic E-state index is 0.0306. The number of fused-ring (bicyclic) bond motifs is 1. The van der Waals surface area contributed by atoms with Gasteiger partial charge in [0, 0.05) is 17.9 Å². The van der Waals surface area contributed by atoms with Crippen molar-refractivity contribution in [3.8, 4) is 0 Å². The summed E-state index contributed by atoms with van der Waals surface area (Å²) < 4.78 is 27.1. The van der Waals surface area contributed by atoms with Gasteiger partial charge in [-0.3, -0.25) is 4.79 Å². The summed E-state index contributed by atoms with van der Waals surface area (Å²) >= 11 is 0. The highest BCUT2D eigenvalue weighted by Crippen LogP contribution is 2.31. The van der Waals surface area contributed by atoms with Crippen LogP contribution in [0.1, 0.15) is 17.9 Å². The first kappa shape index (κ1) is 21.8. The van der Waals surface area contributed by atoms with Gasteiger partial charge < -0.3 is 28.5 Å². The topological polar surface area (TPSA) is 104 Å². The third kappa shape index (κ3) is 5.35. The lowest BCUT2D eigenvalue weighted by Gasteiger charge is -2.28. The van der Waals surface area contributed by atoms with Crippen molar-refractivity contribution in [2.45, 2.75) is 18.6 Å². The number of benzene rings is 1. The van der Waals surface area contributed by atoms with E-state index in [1.807, 2.05) is 0 Å². The lowest BCUT2D eigenvalue weighted by Crippen LogP contribution is -2.30. The largest absolute Gasteiger partial charge is 0.464 e. The molecule has 8 nitrogen and oxygen atoms in total. The van der Waals surface area contributed by atoms with Crippen molar-refractivity contribution in [2.75, 3.05) is 33.0 Å². The molecule has 8 heteroatoms. The Bertz CT molecular complexity index is 961. The minimum Gasteiger partial charge on any atom is -0.464 e. The standard InChI is InChI=1S/C22H24O8/c1-2-8-28-22(25)19-12-15(13-20(30-19)27-11-10-26-9-7-23)17-14-29-18-6-4-3-5-16(18)21(17)24/h2-6,12,14-15,20,23H,1,7-11,13H2/t15-,20+/m1/s1. The van der Waals surface area contributed by atoms with Crippen LogP contribution >= 0.6 is 0 Å². The highest BCUT2D eigenvalue weighted by molar-refractivity contribution is 5.86. The maximum absolute atomic E-state index is 13.0. The van der Waals surface area contributed by atoms with Gasteiger partial charge in [0.15, 0.2) is 5.43 Å². The van der Waals surface area contributed by atoms with E-state index in [1.54, 1.807) is 30.3 Å². The van der Waals surface area contributed by atoms with Crippen molar-refractivity contribution >= 4 is 16.9 Å².